The molecule has 0 spiro atoms. The molecule has 0 saturated heterocycles. The number of rotatable bonds is 4. The average molecular weight is 280 g/mol. The molecule has 1 aromatic rings. The maximum absolute atomic E-state index is 12.1. The van der Waals surface area contributed by atoms with E-state index in [1.807, 2.05) is 0 Å². The Labute approximate surface area is 119 Å². The summed E-state index contributed by atoms with van der Waals surface area (Å²) >= 11 is 0. The molecule has 1 aromatic carbocycles. The highest BCUT2D eigenvalue weighted by atomic mass is 16.6. The molecule has 0 atom stereocenters. The molecule has 0 amide bonds. The fourth-order valence-corrected chi connectivity index (χ4v) is 1.51. The van der Waals surface area contributed by atoms with Crippen molar-refractivity contribution in [3.63, 3.8) is 0 Å². The largest absolute Gasteiger partial charge is 0.488 e. The number of aryl methyl sites for hydroxylation is 1. The minimum absolute atomic E-state index is 0.296. The van der Waals surface area contributed by atoms with E-state index in [1.54, 1.807) is 34.6 Å². The number of benzene rings is 1. The van der Waals surface area contributed by atoms with Crippen LogP contribution >= 0.6 is 0 Å². The quantitative estimate of drug-likeness (QED) is 0.548. The molecule has 3 N–H and O–H groups in total. The van der Waals surface area contributed by atoms with Gasteiger partial charge in [-0.2, -0.15) is 0 Å². The fourth-order valence-electron chi connectivity index (χ4n) is 1.51. The number of hydrogen-bond acceptors (Lipinski definition) is 5. The van der Waals surface area contributed by atoms with Crippen LogP contribution in [-0.4, -0.2) is 39.4 Å². The lowest BCUT2D eigenvalue weighted by molar-refractivity contribution is -0.116. The second-order valence-electron chi connectivity index (χ2n) is 5.90. The zero-order valence-corrected chi connectivity index (χ0v) is 12.5. The van der Waals surface area contributed by atoms with Gasteiger partial charge in [0.15, 0.2) is 0 Å². The first-order valence-corrected chi connectivity index (χ1v) is 6.38. The van der Waals surface area contributed by atoms with E-state index in [0.717, 1.165) is 0 Å². The molecule has 0 unspecified atom stereocenters. The van der Waals surface area contributed by atoms with Gasteiger partial charge >= 0.3 is 13.1 Å². The van der Waals surface area contributed by atoms with Crippen LogP contribution in [0.1, 0.15) is 43.6 Å². The number of carbonyl (C=O) groups excluding carboxylic acids is 1. The van der Waals surface area contributed by atoms with Gasteiger partial charge in [-0.05, 0) is 52.2 Å². The highest BCUT2D eigenvalue weighted by molar-refractivity contribution is 6.59. The lowest BCUT2D eigenvalue weighted by Gasteiger charge is -2.36. The summed E-state index contributed by atoms with van der Waals surface area (Å²) in [5, 5.41) is 28.2. The van der Waals surface area contributed by atoms with E-state index in [9.17, 15) is 9.90 Å². The highest BCUT2D eigenvalue weighted by Crippen LogP contribution is 2.26. The van der Waals surface area contributed by atoms with E-state index < -0.39 is 24.3 Å². The zero-order chi connectivity index (χ0) is 15.7. The van der Waals surface area contributed by atoms with Crippen LogP contribution in [0, 0.1) is 6.92 Å². The van der Waals surface area contributed by atoms with Crippen molar-refractivity contribution in [1.82, 2.24) is 0 Å². The third-order valence-electron chi connectivity index (χ3n) is 3.60. The SMILES string of the molecule is Cc1cc(C(=O)OC(C)(C)C(C)(C)O)ccc1B(O)O. The molecular weight excluding hydrogens is 259 g/mol. The number of ether oxygens (including phenoxy) is 1. The minimum atomic E-state index is -1.58. The number of aliphatic hydroxyl groups is 1. The van der Waals surface area contributed by atoms with Crippen molar-refractivity contribution in [2.45, 2.75) is 45.8 Å². The van der Waals surface area contributed by atoms with Crippen LogP contribution in [0.5, 0.6) is 0 Å². The summed E-state index contributed by atoms with van der Waals surface area (Å²) in [5.74, 6) is -0.570. The third kappa shape index (κ3) is 3.59. The maximum atomic E-state index is 12.1. The molecule has 0 fully saturated rings. The first-order chi connectivity index (χ1) is 8.95. The van der Waals surface area contributed by atoms with Crippen molar-refractivity contribution in [3.05, 3.63) is 29.3 Å². The first-order valence-electron chi connectivity index (χ1n) is 6.38. The van der Waals surface area contributed by atoms with Gasteiger partial charge in [-0.3, -0.25) is 0 Å². The normalized spacial score (nSPS) is 12.2. The van der Waals surface area contributed by atoms with Crippen LogP contribution in [0.3, 0.4) is 0 Å². The Balaban J connectivity index is 2.97. The monoisotopic (exact) mass is 280 g/mol. The molecule has 0 aliphatic rings. The lowest BCUT2D eigenvalue weighted by Crippen LogP contribution is -2.48. The van der Waals surface area contributed by atoms with E-state index in [1.165, 1.54) is 18.2 Å². The number of hydrogen-bond donors (Lipinski definition) is 3. The molecule has 0 saturated carbocycles. The van der Waals surface area contributed by atoms with Crippen molar-refractivity contribution in [1.29, 1.82) is 0 Å². The van der Waals surface area contributed by atoms with E-state index >= 15 is 0 Å². The molecule has 20 heavy (non-hydrogen) atoms. The number of esters is 1. The molecule has 5 nitrogen and oxygen atoms in total. The van der Waals surface area contributed by atoms with Crippen molar-refractivity contribution >= 4 is 18.6 Å². The van der Waals surface area contributed by atoms with Gasteiger partial charge in [0.25, 0.3) is 0 Å². The summed E-state index contributed by atoms with van der Waals surface area (Å²) in [5.41, 5.74) is -1.02. The Bertz CT molecular complexity index is 503. The van der Waals surface area contributed by atoms with Gasteiger partial charge in [-0.15, -0.1) is 0 Å². The molecular formula is C14H21BO5. The van der Waals surface area contributed by atoms with Crippen LogP contribution in [0.2, 0.25) is 0 Å². The summed E-state index contributed by atoms with van der Waals surface area (Å²) in [6, 6.07) is 4.45. The molecule has 1 rings (SSSR count). The standard InChI is InChI=1S/C14H21BO5/c1-9-8-10(6-7-11(9)15(18)19)12(16)20-14(4,5)13(2,3)17/h6-8,17-19H,1-5H3. The van der Waals surface area contributed by atoms with Crippen molar-refractivity contribution < 1.29 is 24.7 Å². The molecule has 0 bridgehead atoms. The summed E-state index contributed by atoms with van der Waals surface area (Å²) in [6.07, 6.45) is 0. The highest BCUT2D eigenvalue weighted by Gasteiger charge is 2.39. The van der Waals surface area contributed by atoms with Crippen molar-refractivity contribution in [3.8, 4) is 0 Å². The molecule has 6 heteroatoms. The van der Waals surface area contributed by atoms with Gasteiger partial charge in [0.2, 0.25) is 0 Å². The van der Waals surface area contributed by atoms with Crippen LogP contribution in [0.25, 0.3) is 0 Å². The van der Waals surface area contributed by atoms with Gasteiger partial charge in [0.1, 0.15) is 5.60 Å². The molecule has 110 valence electrons. The van der Waals surface area contributed by atoms with E-state index in [-0.39, 0.29) is 0 Å². The summed E-state index contributed by atoms with van der Waals surface area (Å²) in [6.45, 7) is 8.06. The second-order valence-corrected chi connectivity index (χ2v) is 5.90. The summed E-state index contributed by atoms with van der Waals surface area (Å²) in [4.78, 5) is 12.1. The van der Waals surface area contributed by atoms with Crippen molar-refractivity contribution in [2.75, 3.05) is 0 Å². The smallest absolute Gasteiger partial charge is 0.453 e. The van der Waals surface area contributed by atoms with E-state index in [0.29, 0.717) is 16.6 Å². The van der Waals surface area contributed by atoms with Crippen LogP contribution in [-0.2, 0) is 4.74 Å². The molecule has 0 aliphatic carbocycles. The molecule has 0 aliphatic heterocycles. The van der Waals surface area contributed by atoms with Crippen LogP contribution in [0.15, 0.2) is 18.2 Å². The number of carbonyl (C=O) groups is 1. The predicted octanol–water partition coefficient (Wildman–Crippen LogP) is 0.381. The molecule has 0 radical (unpaired) electrons. The Kier molecular flexibility index (Phi) is 4.64. The third-order valence-corrected chi connectivity index (χ3v) is 3.60. The molecule has 0 aromatic heterocycles. The van der Waals surface area contributed by atoms with E-state index in [2.05, 4.69) is 0 Å². The minimum Gasteiger partial charge on any atom is -0.453 e. The topological polar surface area (TPSA) is 87.0 Å². The Hall–Kier alpha value is -1.37. The van der Waals surface area contributed by atoms with Crippen LogP contribution < -0.4 is 5.46 Å². The Morgan fingerprint density at radius 3 is 2.15 bits per heavy atom. The first kappa shape index (κ1) is 16.7. The van der Waals surface area contributed by atoms with Gasteiger partial charge in [-0.25, -0.2) is 4.79 Å². The van der Waals surface area contributed by atoms with E-state index in [4.69, 9.17) is 14.8 Å². The van der Waals surface area contributed by atoms with Crippen molar-refractivity contribution in [2.24, 2.45) is 0 Å². The molecule has 0 heterocycles. The van der Waals surface area contributed by atoms with Gasteiger partial charge in [0.05, 0.1) is 11.2 Å². The fraction of sp³-hybridized carbons (Fsp3) is 0.500. The van der Waals surface area contributed by atoms with Gasteiger partial charge in [0, 0.05) is 0 Å². The Morgan fingerprint density at radius 1 is 1.20 bits per heavy atom. The zero-order valence-electron chi connectivity index (χ0n) is 12.5. The maximum Gasteiger partial charge on any atom is 0.488 e. The second kappa shape index (κ2) is 5.56. The van der Waals surface area contributed by atoms with Crippen LogP contribution in [0.4, 0.5) is 0 Å². The average Bonchev–Trinajstić information content (AvgIpc) is 2.25. The van der Waals surface area contributed by atoms with Gasteiger partial charge in [-0.1, -0.05) is 11.6 Å². The summed E-state index contributed by atoms with van der Waals surface area (Å²) in [7, 11) is -1.58. The predicted molar refractivity (Wildman–Crippen MR) is 76.8 cm³/mol. The Morgan fingerprint density at radius 2 is 1.75 bits per heavy atom. The van der Waals surface area contributed by atoms with Gasteiger partial charge < -0.3 is 19.9 Å². The summed E-state index contributed by atoms with van der Waals surface area (Å²) < 4.78 is 5.33. The lowest BCUT2D eigenvalue weighted by atomic mass is 9.77.